The van der Waals surface area contributed by atoms with Crippen LogP contribution in [0.2, 0.25) is 0 Å². The van der Waals surface area contributed by atoms with Crippen molar-refractivity contribution in [2.24, 2.45) is 0 Å². The van der Waals surface area contributed by atoms with Crippen LogP contribution in [0.5, 0.6) is 5.75 Å². The third-order valence-electron chi connectivity index (χ3n) is 1.49. The molecule has 0 atom stereocenters. The molecule has 0 unspecified atom stereocenters. The standard InChI is InChI=1S/C8H8F3NO/c9-8(10,11)4-5-3-6(12)1-2-7(5)13/h1-3,13H,4,12H2. The van der Waals surface area contributed by atoms with Gasteiger partial charge in [0.05, 0.1) is 6.42 Å². The lowest BCUT2D eigenvalue weighted by Crippen LogP contribution is -2.11. The van der Waals surface area contributed by atoms with Gasteiger partial charge in [-0.1, -0.05) is 0 Å². The second-order valence-electron chi connectivity index (χ2n) is 2.68. The topological polar surface area (TPSA) is 46.2 Å². The molecule has 0 aliphatic rings. The predicted octanol–water partition coefficient (Wildman–Crippen LogP) is 2.08. The molecular formula is C8H8F3NO. The summed E-state index contributed by atoms with van der Waals surface area (Å²) in [5, 5.41) is 9.04. The van der Waals surface area contributed by atoms with Gasteiger partial charge in [0, 0.05) is 11.3 Å². The number of rotatable bonds is 1. The number of benzene rings is 1. The van der Waals surface area contributed by atoms with Crippen molar-refractivity contribution < 1.29 is 18.3 Å². The molecule has 0 saturated carbocycles. The fraction of sp³-hybridized carbons (Fsp3) is 0.250. The Kier molecular flexibility index (Phi) is 2.36. The number of nitrogen functional groups attached to an aromatic ring is 1. The van der Waals surface area contributed by atoms with E-state index >= 15 is 0 Å². The fourth-order valence-corrected chi connectivity index (χ4v) is 0.963. The Hall–Kier alpha value is -1.39. The highest BCUT2D eigenvalue weighted by Gasteiger charge is 2.28. The van der Waals surface area contributed by atoms with Crippen LogP contribution < -0.4 is 5.73 Å². The zero-order valence-electron chi connectivity index (χ0n) is 6.60. The molecule has 0 fully saturated rings. The molecule has 0 amide bonds. The van der Waals surface area contributed by atoms with E-state index in [2.05, 4.69) is 0 Å². The molecule has 5 heteroatoms. The zero-order valence-corrected chi connectivity index (χ0v) is 6.60. The van der Waals surface area contributed by atoms with Crippen molar-refractivity contribution in [1.82, 2.24) is 0 Å². The SMILES string of the molecule is Nc1ccc(O)c(CC(F)(F)F)c1. The summed E-state index contributed by atoms with van der Waals surface area (Å²) in [6, 6.07) is 3.61. The van der Waals surface area contributed by atoms with E-state index in [0.29, 0.717) is 0 Å². The molecular weight excluding hydrogens is 183 g/mol. The first kappa shape index (κ1) is 9.70. The van der Waals surface area contributed by atoms with Gasteiger partial charge in [-0.3, -0.25) is 0 Å². The summed E-state index contributed by atoms with van der Waals surface area (Å²) in [5.41, 5.74) is 5.27. The number of hydrogen-bond acceptors (Lipinski definition) is 2. The summed E-state index contributed by atoms with van der Waals surface area (Å²) in [4.78, 5) is 0. The summed E-state index contributed by atoms with van der Waals surface area (Å²) in [7, 11) is 0. The van der Waals surface area contributed by atoms with Crippen molar-refractivity contribution in [2.75, 3.05) is 5.73 Å². The van der Waals surface area contributed by atoms with Crippen molar-refractivity contribution in [2.45, 2.75) is 12.6 Å². The highest BCUT2D eigenvalue weighted by Crippen LogP contribution is 2.27. The van der Waals surface area contributed by atoms with Crippen LogP contribution in [0.15, 0.2) is 18.2 Å². The third-order valence-corrected chi connectivity index (χ3v) is 1.49. The van der Waals surface area contributed by atoms with E-state index in [-0.39, 0.29) is 17.0 Å². The molecule has 0 aliphatic heterocycles. The highest BCUT2D eigenvalue weighted by atomic mass is 19.4. The molecule has 0 spiro atoms. The summed E-state index contributed by atoms with van der Waals surface area (Å²) >= 11 is 0. The van der Waals surface area contributed by atoms with E-state index in [1.807, 2.05) is 0 Å². The average molecular weight is 191 g/mol. The molecule has 0 bridgehead atoms. The number of alkyl halides is 3. The van der Waals surface area contributed by atoms with Crippen LogP contribution in [-0.2, 0) is 6.42 Å². The second kappa shape index (κ2) is 3.16. The Bertz CT molecular complexity index is 309. The van der Waals surface area contributed by atoms with E-state index in [9.17, 15) is 13.2 Å². The molecule has 1 rings (SSSR count). The Labute approximate surface area is 72.8 Å². The number of nitrogens with two attached hydrogens (primary N) is 1. The van der Waals surface area contributed by atoms with Crippen molar-refractivity contribution in [3.63, 3.8) is 0 Å². The molecule has 0 aliphatic carbocycles. The number of halogens is 3. The minimum Gasteiger partial charge on any atom is -0.508 e. The van der Waals surface area contributed by atoms with E-state index in [0.717, 1.165) is 12.1 Å². The maximum Gasteiger partial charge on any atom is 0.393 e. The van der Waals surface area contributed by atoms with E-state index < -0.39 is 12.6 Å². The lowest BCUT2D eigenvalue weighted by Gasteiger charge is -2.08. The Balaban J connectivity index is 2.94. The van der Waals surface area contributed by atoms with Crippen molar-refractivity contribution in [3.05, 3.63) is 23.8 Å². The lowest BCUT2D eigenvalue weighted by atomic mass is 10.1. The van der Waals surface area contributed by atoms with Gasteiger partial charge in [-0.2, -0.15) is 13.2 Å². The van der Waals surface area contributed by atoms with Crippen molar-refractivity contribution in [3.8, 4) is 5.75 Å². The molecule has 13 heavy (non-hydrogen) atoms. The fourth-order valence-electron chi connectivity index (χ4n) is 0.963. The summed E-state index contributed by atoms with van der Waals surface area (Å²) in [6.45, 7) is 0. The first-order valence-corrected chi connectivity index (χ1v) is 3.52. The minimum atomic E-state index is -4.33. The minimum absolute atomic E-state index is 0.201. The van der Waals surface area contributed by atoms with Crippen LogP contribution in [-0.4, -0.2) is 11.3 Å². The normalized spacial score (nSPS) is 11.6. The first-order valence-electron chi connectivity index (χ1n) is 3.52. The van der Waals surface area contributed by atoms with Crippen LogP contribution in [0.25, 0.3) is 0 Å². The third kappa shape index (κ3) is 2.85. The maximum absolute atomic E-state index is 11.9. The number of aromatic hydroxyl groups is 1. The smallest absolute Gasteiger partial charge is 0.393 e. The van der Waals surface area contributed by atoms with E-state index in [1.54, 1.807) is 0 Å². The van der Waals surface area contributed by atoms with Crippen molar-refractivity contribution in [1.29, 1.82) is 0 Å². The lowest BCUT2D eigenvalue weighted by molar-refractivity contribution is -0.127. The summed E-state index contributed by atoms with van der Waals surface area (Å²) in [5.74, 6) is -0.383. The Morgan fingerprint density at radius 1 is 1.31 bits per heavy atom. The van der Waals surface area contributed by atoms with Gasteiger partial charge in [-0.05, 0) is 18.2 Å². The van der Waals surface area contributed by atoms with Gasteiger partial charge >= 0.3 is 6.18 Å². The average Bonchev–Trinajstić information content (AvgIpc) is 1.94. The van der Waals surface area contributed by atoms with Gasteiger partial charge in [0.15, 0.2) is 0 Å². The summed E-state index contributed by atoms with van der Waals surface area (Å²) < 4.78 is 35.7. The van der Waals surface area contributed by atoms with Gasteiger partial charge in [-0.25, -0.2) is 0 Å². The van der Waals surface area contributed by atoms with Crippen molar-refractivity contribution >= 4 is 5.69 Å². The first-order chi connectivity index (χ1) is 5.88. The largest absolute Gasteiger partial charge is 0.508 e. The van der Waals surface area contributed by atoms with Gasteiger partial charge in [0.2, 0.25) is 0 Å². The quantitative estimate of drug-likeness (QED) is 0.527. The van der Waals surface area contributed by atoms with Gasteiger partial charge in [-0.15, -0.1) is 0 Å². The van der Waals surface area contributed by atoms with Gasteiger partial charge in [0.25, 0.3) is 0 Å². The molecule has 0 radical (unpaired) electrons. The molecule has 0 heterocycles. The van der Waals surface area contributed by atoms with Crippen LogP contribution in [0.1, 0.15) is 5.56 Å². The maximum atomic E-state index is 11.9. The molecule has 3 N–H and O–H groups in total. The number of anilines is 1. The van der Waals surface area contributed by atoms with Gasteiger partial charge in [0.1, 0.15) is 5.75 Å². The highest BCUT2D eigenvalue weighted by molar-refractivity contribution is 5.47. The molecule has 2 nitrogen and oxygen atoms in total. The molecule has 0 aromatic heterocycles. The van der Waals surface area contributed by atoms with Crippen LogP contribution in [0.3, 0.4) is 0 Å². The van der Waals surface area contributed by atoms with Crippen LogP contribution in [0, 0.1) is 0 Å². The van der Waals surface area contributed by atoms with Crippen LogP contribution >= 0.6 is 0 Å². The Morgan fingerprint density at radius 3 is 2.46 bits per heavy atom. The molecule has 1 aromatic rings. The number of phenols is 1. The van der Waals surface area contributed by atoms with E-state index in [4.69, 9.17) is 10.8 Å². The molecule has 1 aromatic carbocycles. The zero-order chi connectivity index (χ0) is 10.1. The number of hydrogen-bond donors (Lipinski definition) is 2. The summed E-state index contributed by atoms with van der Waals surface area (Å²) in [6.07, 6.45) is -5.49. The molecule has 72 valence electrons. The second-order valence-corrected chi connectivity index (χ2v) is 2.68. The predicted molar refractivity (Wildman–Crippen MR) is 42.3 cm³/mol. The number of phenolic OH excluding ortho intramolecular Hbond substituents is 1. The molecule has 0 saturated heterocycles. The van der Waals surface area contributed by atoms with Gasteiger partial charge < -0.3 is 10.8 Å². The Morgan fingerprint density at radius 2 is 1.92 bits per heavy atom. The monoisotopic (exact) mass is 191 g/mol. The van der Waals surface area contributed by atoms with Crippen LogP contribution in [0.4, 0.5) is 18.9 Å². The van der Waals surface area contributed by atoms with E-state index in [1.165, 1.54) is 6.07 Å².